The van der Waals surface area contributed by atoms with E-state index in [1.807, 2.05) is 6.07 Å². The molecule has 0 bridgehead atoms. The summed E-state index contributed by atoms with van der Waals surface area (Å²) in [5, 5.41) is 0. The molecule has 1 amide bonds. The average molecular weight is 246 g/mol. The molecule has 0 aliphatic carbocycles. The van der Waals surface area contributed by atoms with Crippen molar-refractivity contribution in [3.05, 3.63) is 30.0 Å². The third-order valence-corrected chi connectivity index (χ3v) is 2.73. The first-order chi connectivity index (χ1) is 8.70. The summed E-state index contributed by atoms with van der Waals surface area (Å²) in [5.41, 5.74) is 0.788. The van der Waals surface area contributed by atoms with Gasteiger partial charge in [-0.05, 0) is 30.2 Å². The number of carbonyl (C=O) groups is 2. The summed E-state index contributed by atoms with van der Waals surface area (Å²) in [7, 11) is 1.33. The molecular formula is C13H14N2O3. The fourth-order valence-electron chi connectivity index (χ4n) is 1.78. The number of hydrogen-bond donors (Lipinski definition) is 0. The van der Waals surface area contributed by atoms with Gasteiger partial charge < -0.3 is 4.74 Å². The van der Waals surface area contributed by atoms with E-state index in [9.17, 15) is 9.59 Å². The predicted molar refractivity (Wildman–Crippen MR) is 66.9 cm³/mol. The number of hydrogen-bond acceptors (Lipinski definition) is 4. The van der Waals surface area contributed by atoms with Crippen molar-refractivity contribution in [3.8, 4) is 0 Å². The fraction of sp³-hybridized carbons (Fsp3) is 0.308. The Bertz CT molecular complexity index is 480. The Morgan fingerprint density at radius 3 is 2.89 bits per heavy atom. The Morgan fingerprint density at radius 2 is 2.33 bits per heavy atom. The molecule has 2 heterocycles. The number of esters is 1. The third kappa shape index (κ3) is 2.74. The van der Waals surface area contributed by atoms with Crippen LogP contribution in [0.3, 0.4) is 0 Å². The number of amides is 1. The van der Waals surface area contributed by atoms with E-state index in [-0.39, 0.29) is 5.91 Å². The van der Waals surface area contributed by atoms with Crippen molar-refractivity contribution in [1.29, 1.82) is 0 Å². The van der Waals surface area contributed by atoms with Crippen molar-refractivity contribution in [3.63, 3.8) is 0 Å². The maximum atomic E-state index is 11.5. The Balaban J connectivity index is 2.08. The highest BCUT2D eigenvalue weighted by Gasteiger charge is 2.22. The van der Waals surface area contributed by atoms with E-state index in [4.69, 9.17) is 0 Å². The van der Waals surface area contributed by atoms with E-state index in [2.05, 4.69) is 9.72 Å². The van der Waals surface area contributed by atoms with E-state index in [1.54, 1.807) is 23.2 Å². The fourth-order valence-corrected chi connectivity index (χ4v) is 1.78. The second-order valence-electron chi connectivity index (χ2n) is 3.96. The molecule has 1 saturated heterocycles. The van der Waals surface area contributed by atoms with Crippen LogP contribution in [0.15, 0.2) is 24.4 Å². The van der Waals surface area contributed by atoms with E-state index in [1.165, 1.54) is 13.2 Å². The lowest BCUT2D eigenvalue weighted by Gasteiger charge is -2.13. The minimum absolute atomic E-state index is 0.111. The molecule has 18 heavy (non-hydrogen) atoms. The summed E-state index contributed by atoms with van der Waals surface area (Å²) >= 11 is 0. The molecule has 0 saturated carbocycles. The van der Waals surface area contributed by atoms with E-state index >= 15 is 0 Å². The lowest BCUT2D eigenvalue weighted by atomic mass is 10.2. The summed E-state index contributed by atoms with van der Waals surface area (Å²) < 4.78 is 4.49. The van der Waals surface area contributed by atoms with E-state index in [0.29, 0.717) is 12.2 Å². The van der Waals surface area contributed by atoms with Gasteiger partial charge in [0.05, 0.1) is 7.11 Å². The largest absolute Gasteiger partial charge is 0.466 e. The van der Waals surface area contributed by atoms with Crippen LogP contribution in [-0.2, 0) is 14.3 Å². The van der Waals surface area contributed by atoms with Crippen LogP contribution >= 0.6 is 0 Å². The average Bonchev–Trinajstić information content (AvgIpc) is 2.83. The number of nitrogens with zero attached hydrogens (tertiary/aromatic N) is 2. The molecule has 0 N–H and O–H groups in total. The standard InChI is InChI=1S/C13H14N2O3/c1-18-13(17)7-5-10-4-6-11(14-9-10)15-8-2-3-12(15)16/h4-7,9H,2-3,8H2,1H3/b7-5+. The van der Waals surface area contributed by atoms with Gasteiger partial charge in [0, 0.05) is 25.2 Å². The highest BCUT2D eigenvalue weighted by Crippen LogP contribution is 2.19. The van der Waals surface area contributed by atoms with Gasteiger partial charge in [-0.1, -0.05) is 0 Å². The second-order valence-corrected chi connectivity index (χ2v) is 3.96. The maximum Gasteiger partial charge on any atom is 0.330 e. The minimum atomic E-state index is -0.409. The molecule has 5 heteroatoms. The monoisotopic (exact) mass is 246 g/mol. The zero-order chi connectivity index (χ0) is 13.0. The van der Waals surface area contributed by atoms with E-state index < -0.39 is 5.97 Å². The van der Waals surface area contributed by atoms with Crippen molar-refractivity contribution >= 4 is 23.8 Å². The Morgan fingerprint density at radius 1 is 1.50 bits per heavy atom. The maximum absolute atomic E-state index is 11.5. The predicted octanol–water partition coefficient (Wildman–Crippen LogP) is 1.39. The van der Waals surface area contributed by atoms with Gasteiger partial charge in [-0.25, -0.2) is 9.78 Å². The van der Waals surface area contributed by atoms with Crippen LogP contribution in [0.25, 0.3) is 6.08 Å². The summed E-state index contributed by atoms with van der Waals surface area (Å²) in [6, 6.07) is 3.59. The molecule has 1 aliphatic rings. The number of pyridine rings is 1. The number of ether oxygens (including phenoxy) is 1. The zero-order valence-electron chi connectivity index (χ0n) is 10.1. The zero-order valence-corrected chi connectivity index (χ0v) is 10.1. The van der Waals surface area contributed by atoms with Gasteiger partial charge in [0.25, 0.3) is 0 Å². The molecule has 0 unspecified atom stereocenters. The Kier molecular flexibility index (Phi) is 3.72. The highest BCUT2D eigenvalue weighted by molar-refractivity contribution is 5.94. The third-order valence-electron chi connectivity index (χ3n) is 2.73. The Labute approximate surface area is 105 Å². The number of methoxy groups -OCH3 is 1. The number of carbonyl (C=O) groups excluding carboxylic acids is 2. The Hall–Kier alpha value is -2.17. The van der Waals surface area contributed by atoms with Crippen molar-refractivity contribution in [2.45, 2.75) is 12.8 Å². The minimum Gasteiger partial charge on any atom is -0.466 e. The van der Waals surface area contributed by atoms with Crippen molar-refractivity contribution in [2.24, 2.45) is 0 Å². The molecule has 1 aromatic heterocycles. The van der Waals surface area contributed by atoms with Crippen LogP contribution in [0.5, 0.6) is 0 Å². The molecule has 0 atom stereocenters. The summed E-state index contributed by atoms with van der Waals surface area (Å²) in [4.78, 5) is 28.3. The molecule has 0 radical (unpaired) electrons. The lowest BCUT2D eigenvalue weighted by molar-refractivity contribution is -0.134. The van der Waals surface area contributed by atoms with Crippen LogP contribution < -0.4 is 4.90 Å². The van der Waals surface area contributed by atoms with Crippen molar-refractivity contribution in [1.82, 2.24) is 4.98 Å². The SMILES string of the molecule is COC(=O)/C=C/c1ccc(N2CCCC2=O)nc1. The van der Waals surface area contributed by atoms with Gasteiger partial charge >= 0.3 is 5.97 Å². The van der Waals surface area contributed by atoms with Crippen molar-refractivity contribution in [2.75, 3.05) is 18.6 Å². The number of anilines is 1. The molecule has 2 rings (SSSR count). The van der Waals surface area contributed by atoms with Gasteiger partial charge in [0.2, 0.25) is 5.91 Å². The second kappa shape index (κ2) is 5.44. The molecule has 0 aromatic carbocycles. The molecule has 1 aliphatic heterocycles. The van der Waals surface area contributed by atoms with Gasteiger partial charge in [-0.15, -0.1) is 0 Å². The van der Waals surface area contributed by atoms with Crippen LogP contribution in [0.2, 0.25) is 0 Å². The van der Waals surface area contributed by atoms with Gasteiger partial charge in [0.1, 0.15) is 5.82 Å². The van der Waals surface area contributed by atoms with Gasteiger partial charge in [0.15, 0.2) is 0 Å². The van der Waals surface area contributed by atoms with Crippen LogP contribution in [-0.4, -0.2) is 30.5 Å². The normalized spacial score (nSPS) is 15.4. The van der Waals surface area contributed by atoms with E-state index in [0.717, 1.165) is 18.5 Å². The summed E-state index contributed by atoms with van der Waals surface area (Å²) in [6.45, 7) is 0.725. The molecule has 5 nitrogen and oxygen atoms in total. The van der Waals surface area contributed by atoms with Gasteiger partial charge in [-0.3, -0.25) is 9.69 Å². The highest BCUT2D eigenvalue weighted by atomic mass is 16.5. The number of aromatic nitrogens is 1. The van der Waals surface area contributed by atoms with Crippen LogP contribution in [0.1, 0.15) is 18.4 Å². The molecule has 1 fully saturated rings. The van der Waals surface area contributed by atoms with Crippen LogP contribution in [0.4, 0.5) is 5.82 Å². The molecule has 0 spiro atoms. The topological polar surface area (TPSA) is 59.5 Å². The summed E-state index contributed by atoms with van der Waals surface area (Å²) in [6.07, 6.45) is 6.04. The molecule has 94 valence electrons. The number of rotatable bonds is 3. The first kappa shape index (κ1) is 12.3. The summed E-state index contributed by atoms with van der Waals surface area (Å²) in [5.74, 6) is 0.363. The smallest absolute Gasteiger partial charge is 0.330 e. The lowest BCUT2D eigenvalue weighted by Crippen LogP contribution is -2.24. The first-order valence-electron chi connectivity index (χ1n) is 5.73. The molecular weight excluding hydrogens is 232 g/mol. The molecule has 1 aromatic rings. The van der Waals surface area contributed by atoms with Gasteiger partial charge in [-0.2, -0.15) is 0 Å². The quantitative estimate of drug-likeness (QED) is 0.597. The first-order valence-corrected chi connectivity index (χ1v) is 5.73. The van der Waals surface area contributed by atoms with Crippen molar-refractivity contribution < 1.29 is 14.3 Å². The van der Waals surface area contributed by atoms with Crippen LogP contribution in [0, 0.1) is 0 Å².